The van der Waals surface area contributed by atoms with Crippen molar-refractivity contribution in [2.24, 2.45) is 30.5 Å². The number of carbonyl (C=O) groups is 2. The van der Waals surface area contributed by atoms with E-state index in [4.69, 9.17) is 15.5 Å². The van der Waals surface area contributed by atoms with Gasteiger partial charge in [0.25, 0.3) is 5.91 Å². The van der Waals surface area contributed by atoms with E-state index < -0.39 is 0 Å². The third kappa shape index (κ3) is 4.65. The second kappa shape index (κ2) is 10.6. The SMILES string of the molecule is COc1cc(C(=O)N2C[C@H]3CC[C@@H]2[C@@H]3N)cc2nc(-c3cc4cccc(C5CC(CC(=O)N(C)C)C5)c4n3CC3CC3)n(C)c12. The van der Waals surface area contributed by atoms with Crippen molar-refractivity contribution in [3.63, 3.8) is 0 Å². The quantitative estimate of drug-likeness (QED) is 0.299. The van der Waals surface area contributed by atoms with Gasteiger partial charge in [-0.05, 0) is 86.0 Å². The number of aromatic nitrogens is 3. The molecule has 9 nitrogen and oxygen atoms in total. The third-order valence-electron chi connectivity index (χ3n) is 11.3. The summed E-state index contributed by atoms with van der Waals surface area (Å²) in [5.74, 6) is 3.74. The normalized spacial score (nSPS) is 25.7. The predicted octanol–water partition coefficient (Wildman–Crippen LogP) is 5.15. The molecule has 9 heteroatoms. The van der Waals surface area contributed by atoms with Crippen molar-refractivity contribution in [3.8, 4) is 17.3 Å². The summed E-state index contributed by atoms with van der Waals surface area (Å²) in [6, 6.07) is 13.0. The summed E-state index contributed by atoms with van der Waals surface area (Å²) in [5.41, 5.74) is 12.5. The van der Waals surface area contributed by atoms with E-state index in [9.17, 15) is 9.59 Å². The van der Waals surface area contributed by atoms with Crippen LogP contribution in [0.3, 0.4) is 0 Å². The highest BCUT2D eigenvalue weighted by Crippen LogP contribution is 2.47. The highest BCUT2D eigenvalue weighted by Gasteiger charge is 2.47. The maximum atomic E-state index is 13.8. The van der Waals surface area contributed by atoms with Gasteiger partial charge in [0.2, 0.25) is 5.91 Å². The van der Waals surface area contributed by atoms with Crippen molar-refractivity contribution in [3.05, 3.63) is 47.5 Å². The minimum Gasteiger partial charge on any atom is -0.494 e. The van der Waals surface area contributed by atoms with Crippen LogP contribution in [0.25, 0.3) is 33.5 Å². The van der Waals surface area contributed by atoms with Crippen LogP contribution in [0.1, 0.15) is 66.8 Å². The van der Waals surface area contributed by atoms with Crippen LogP contribution < -0.4 is 10.5 Å². The zero-order valence-electron chi connectivity index (χ0n) is 26.8. The molecular weight excluding hydrogens is 564 g/mol. The fraction of sp³-hybridized carbons (Fsp3) is 0.528. The van der Waals surface area contributed by atoms with Crippen molar-refractivity contribution in [1.82, 2.24) is 23.9 Å². The fourth-order valence-electron chi connectivity index (χ4n) is 8.47. The monoisotopic (exact) mass is 608 g/mol. The number of aryl methyl sites for hydroxylation is 1. The largest absolute Gasteiger partial charge is 0.494 e. The maximum absolute atomic E-state index is 13.8. The molecule has 8 rings (SSSR count). The lowest BCUT2D eigenvalue weighted by Crippen LogP contribution is -2.41. The minimum atomic E-state index is 0.0172. The lowest BCUT2D eigenvalue weighted by molar-refractivity contribution is -0.130. The zero-order valence-corrected chi connectivity index (χ0v) is 26.8. The van der Waals surface area contributed by atoms with Crippen LogP contribution in [-0.4, -0.2) is 75.6 Å². The van der Waals surface area contributed by atoms with Gasteiger partial charge in [-0.2, -0.15) is 0 Å². The number of hydrogen-bond donors (Lipinski definition) is 1. The Labute approximate surface area is 264 Å². The lowest BCUT2D eigenvalue weighted by atomic mass is 9.69. The summed E-state index contributed by atoms with van der Waals surface area (Å²) < 4.78 is 10.5. The van der Waals surface area contributed by atoms with Crippen LogP contribution in [0.2, 0.25) is 0 Å². The van der Waals surface area contributed by atoms with Crippen molar-refractivity contribution < 1.29 is 14.3 Å². The molecule has 4 aliphatic rings. The standard InChI is InChI=1S/C36H44N6O3/c1-39(2)31(43)14-21-12-24(13-21)26-7-5-6-22-16-29(41(33(22)26)18-20-8-9-20)35-38-27-15-25(17-30(45-4)34(27)40(35)3)36(44)42-19-23-10-11-28(42)32(23)37/h5-7,15-17,20-21,23-24,28,32H,8-14,18-19,37H2,1-4H3/t21?,23-,24?,28-,32-/m1/s1. The molecular formula is C36H44N6O3. The number of amides is 2. The second-order valence-electron chi connectivity index (χ2n) is 14.4. The van der Waals surface area contributed by atoms with Crippen LogP contribution >= 0.6 is 0 Å². The summed E-state index contributed by atoms with van der Waals surface area (Å²) in [6.45, 7) is 1.70. The molecule has 1 saturated heterocycles. The fourth-order valence-corrected chi connectivity index (χ4v) is 8.47. The van der Waals surface area contributed by atoms with Gasteiger partial charge in [-0.1, -0.05) is 18.2 Å². The maximum Gasteiger partial charge on any atom is 0.254 e. The average Bonchev–Trinajstić information content (AvgIpc) is 3.40. The third-order valence-corrected chi connectivity index (χ3v) is 11.3. The molecule has 4 aromatic rings. The first-order valence-corrected chi connectivity index (χ1v) is 16.7. The molecule has 2 bridgehead atoms. The van der Waals surface area contributed by atoms with E-state index in [0.717, 1.165) is 61.3 Å². The van der Waals surface area contributed by atoms with Crippen molar-refractivity contribution in [1.29, 1.82) is 0 Å². The topological polar surface area (TPSA) is 98.6 Å². The molecule has 0 radical (unpaired) electrons. The van der Waals surface area contributed by atoms with Crippen LogP contribution in [0.4, 0.5) is 0 Å². The first-order valence-electron chi connectivity index (χ1n) is 16.7. The van der Waals surface area contributed by atoms with Gasteiger partial charge < -0.3 is 29.4 Å². The van der Waals surface area contributed by atoms with E-state index in [0.29, 0.717) is 41.4 Å². The van der Waals surface area contributed by atoms with Gasteiger partial charge in [0.15, 0.2) is 5.82 Å². The number of carbonyl (C=O) groups excluding carboxylic acids is 2. The Balaban J connectivity index is 1.18. The number of piperidine rings is 1. The highest BCUT2D eigenvalue weighted by atomic mass is 16.5. The Morgan fingerprint density at radius 2 is 1.84 bits per heavy atom. The molecule has 2 aromatic heterocycles. The Kier molecular flexibility index (Phi) is 6.75. The van der Waals surface area contributed by atoms with Gasteiger partial charge >= 0.3 is 0 Å². The Morgan fingerprint density at radius 1 is 1.04 bits per heavy atom. The van der Waals surface area contributed by atoms with Crippen LogP contribution in [0, 0.1) is 17.8 Å². The van der Waals surface area contributed by atoms with E-state index in [1.807, 2.05) is 38.2 Å². The molecule has 45 heavy (non-hydrogen) atoms. The molecule has 2 amide bonds. The zero-order chi connectivity index (χ0) is 31.1. The number of likely N-dealkylation sites (tertiary alicyclic amines) is 1. The predicted molar refractivity (Wildman–Crippen MR) is 175 cm³/mol. The van der Waals surface area contributed by atoms with Crippen molar-refractivity contribution >= 4 is 33.8 Å². The van der Waals surface area contributed by atoms with E-state index in [1.54, 1.807) is 12.0 Å². The van der Waals surface area contributed by atoms with Crippen LogP contribution in [-0.2, 0) is 18.4 Å². The number of fused-ring (bicyclic) bond motifs is 4. The summed E-state index contributed by atoms with van der Waals surface area (Å²) in [4.78, 5) is 35.0. The number of ether oxygens (including phenoxy) is 1. The molecule has 236 valence electrons. The molecule has 3 heterocycles. The number of rotatable bonds is 8. The van der Waals surface area contributed by atoms with Crippen molar-refractivity contribution in [2.75, 3.05) is 27.7 Å². The molecule has 3 aliphatic carbocycles. The van der Waals surface area contributed by atoms with E-state index in [1.165, 1.54) is 29.3 Å². The first kappa shape index (κ1) is 28.6. The summed E-state index contributed by atoms with van der Waals surface area (Å²) in [6.07, 6.45) is 7.32. The number of nitrogens with two attached hydrogens (primary N) is 1. The van der Waals surface area contributed by atoms with E-state index in [2.05, 4.69) is 33.4 Å². The molecule has 0 unspecified atom stereocenters. The molecule has 2 N–H and O–H groups in total. The lowest BCUT2D eigenvalue weighted by Gasteiger charge is -2.36. The molecule has 1 aliphatic heterocycles. The summed E-state index contributed by atoms with van der Waals surface area (Å²) in [7, 11) is 7.39. The Hall–Kier alpha value is -3.85. The highest BCUT2D eigenvalue weighted by molar-refractivity contribution is 6.00. The minimum absolute atomic E-state index is 0.0172. The number of methoxy groups -OCH3 is 1. The van der Waals surface area contributed by atoms with Gasteiger partial charge in [0, 0.05) is 63.7 Å². The number of imidazole rings is 1. The average molecular weight is 609 g/mol. The number of para-hydroxylation sites is 1. The van der Waals surface area contributed by atoms with Gasteiger partial charge in [0.1, 0.15) is 11.3 Å². The molecule has 2 aromatic carbocycles. The van der Waals surface area contributed by atoms with Crippen molar-refractivity contribution in [2.45, 2.75) is 69.5 Å². The van der Waals surface area contributed by atoms with Gasteiger partial charge in [-0.15, -0.1) is 0 Å². The Bertz CT molecular complexity index is 1830. The van der Waals surface area contributed by atoms with Gasteiger partial charge in [-0.3, -0.25) is 9.59 Å². The number of hydrogen-bond acceptors (Lipinski definition) is 5. The summed E-state index contributed by atoms with van der Waals surface area (Å²) in [5, 5.41) is 1.23. The van der Waals surface area contributed by atoms with Crippen LogP contribution in [0.15, 0.2) is 36.4 Å². The van der Waals surface area contributed by atoms with E-state index >= 15 is 0 Å². The second-order valence-corrected chi connectivity index (χ2v) is 14.4. The summed E-state index contributed by atoms with van der Waals surface area (Å²) >= 11 is 0. The van der Waals surface area contributed by atoms with Crippen LogP contribution in [0.5, 0.6) is 5.75 Å². The smallest absolute Gasteiger partial charge is 0.254 e. The Morgan fingerprint density at radius 3 is 2.51 bits per heavy atom. The number of nitrogens with zero attached hydrogens (tertiary/aromatic N) is 5. The molecule has 0 spiro atoms. The van der Waals surface area contributed by atoms with Gasteiger partial charge in [-0.25, -0.2) is 4.98 Å². The first-order chi connectivity index (χ1) is 21.7. The number of benzene rings is 2. The van der Waals surface area contributed by atoms with E-state index in [-0.39, 0.29) is 23.9 Å². The molecule has 3 atom stereocenters. The van der Waals surface area contributed by atoms with Gasteiger partial charge in [0.05, 0.1) is 23.8 Å². The molecule has 3 saturated carbocycles. The molecule has 4 fully saturated rings.